The maximum absolute atomic E-state index is 8.96. The molecule has 3 nitrogen and oxygen atoms in total. The smallest absolute Gasteiger partial charge is 0.0597 e. The Labute approximate surface area is 90.5 Å². The first-order valence-electron chi connectivity index (χ1n) is 5.50. The van der Waals surface area contributed by atoms with Crippen LogP contribution >= 0.6 is 0 Å². The van der Waals surface area contributed by atoms with Crippen LogP contribution in [0.2, 0.25) is 0 Å². The number of nitrogens with one attached hydrogen (secondary N) is 2. The Morgan fingerprint density at radius 3 is 2.33 bits per heavy atom. The van der Waals surface area contributed by atoms with Gasteiger partial charge < -0.3 is 15.7 Å². The van der Waals surface area contributed by atoms with Crippen molar-refractivity contribution in [1.29, 1.82) is 0 Å². The van der Waals surface area contributed by atoms with Gasteiger partial charge in [0.25, 0.3) is 0 Å². The van der Waals surface area contributed by atoms with E-state index in [4.69, 9.17) is 5.11 Å². The Morgan fingerprint density at radius 1 is 1.07 bits per heavy atom. The second kappa shape index (κ2) is 5.26. The molecule has 3 heteroatoms. The van der Waals surface area contributed by atoms with E-state index in [2.05, 4.69) is 34.9 Å². The monoisotopic (exact) mass is 206 g/mol. The van der Waals surface area contributed by atoms with Gasteiger partial charge in [-0.05, 0) is 12.0 Å². The maximum atomic E-state index is 8.96. The van der Waals surface area contributed by atoms with E-state index in [9.17, 15) is 0 Å². The third-order valence-electron chi connectivity index (χ3n) is 2.85. The van der Waals surface area contributed by atoms with Gasteiger partial charge in [-0.25, -0.2) is 0 Å². The zero-order chi connectivity index (χ0) is 10.5. The molecule has 1 aromatic rings. The summed E-state index contributed by atoms with van der Waals surface area (Å²) in [5.41, 5.74) is 1.36. The van der Waals surface area contributed by atoms with Gasteiger partial charge in [-0.3, -0.25) is 0 Å². The molecule has 15 heavy (non-hydrogen) atoms. The average Bonchev–Trinajstić information content (AvgIpc) is 2.31. The highest BCUT2D eigenvalue weighted by Crippen LogP contribution is 2.04. The second-order valence-corrected chi connectivity index (χ2v) is 4.08. The molecule has 0 amide bonds. The minimum absolute atomic E-state index is 0.213. The fraction of sp³-hybridized carbons (Fsp3) is 0.500. The van der Waals surface area contributed by atoms with Crippen LogP contribution in [0.3, 0.4) is 0 Å². The fourth-order valence-electron chi connectivity index (χ4n) is 1.93. The summed E-state index contributed by atoms with van der Waals surface area (Å²) in [5, 5.41) is 15.7. The normalized spacial score (nSPS) is 26.5. The summed E-state index contributed by atoms with van der Waals surface area (Å²) in [6.45, 7) is 2.00. The van der Waals surface area contributed by atoms with Crippen LogP contribution in [0, 0.1) is 0 Å². The third-order valence-corrected chi connectivity index (χ3v) is 2.85. The van der Waals surface area contributed by atoms with E-state index in [-0.39, 0.29) is 12.6 Å². The van der Waals surface area contributed by atoms with Crippen molar-refractivity contribution >= 4 is 0 Å². The molecule has 0 bridgehead atoms. The van der Waals surface area contributed by atoms with Crippen molar-refractivity contribution in [3.8, 4) is 0 Å². The van der Waals surface area contributed by atoms with Gasteiger partial charge in [0.15, 0.2) is 0 Å². The standard InChI is InChI=1S/C12H18N2O/c15-9-12-8-13-11(7-14-12)6-10-4-2-1-3-5-10/h1-5,11-15H,6-9H2. The maximum Gasteiger partial charge on any atom is 0.0597 e. The molecule has 1 fully saturated rings. The molecular weight excluding hydrogens is 188 g/mol. The van der Waals surface area contributed by atoms with Gasteiger partial charge in [-0.1, -0.05) is 30.3 Å². The highest BCUT2D eigenvalue weighted by Gasteiger charge is 2.18. The van der Waals surface area contributed by atoms with Crippen molar-refractivity contribution < 1.29 is 5.11 Å². The minimum atomic E-state index is 0.213. The largest absolute Gasteiger partial charge is 0.395 e. The van der Waals surface area contributed by atoms with E-state index in [0.29, 0.717) is 6.04 Å². The lowest BCUT2D eigenvalue weighted by molar-refractivity contribution is 0.212. The molecule has 1 aromatic carbocycles. The second-order valence-electron chi connectivity index (χ2n) is 4.08. The van der Waals surface area contributed by atoms with Gasteiger partial charge in [0, 0.05) is 25.2 Å². The summed E-state index contributed by atoms with van der Waals surface area (Å²) in [6.07, 6.45) is 1.05. The summed E-state index contributed by atoms with van der Waals surface area (Å²) >= 11 is 0. The van der Waals surface area contributed by atoms with Crippen LogP contribution in [0.5, 0.6) is 0 Å². The lowest BCUT2D eigenvalue weighted by Crippen LogP contribution is -2.56. The summed E-state index contributed by atoms with van der Waals surface area (Å²) in [4.78, 5) is 0. The quantitative estimate of drug-likeness (QED) is 0.659. The van der Waals surface area contributed by atoms with Gasteiger partial charge in [0.05, 0.1) is 6.61 Å². The van der Waals surface area contributed by atoms with Crippen LogP contribution in [-0.4, -0.2) is 36.9 Å². The van der Waals surface area contributed by atoms with Gasteiger partial charge >= 0.3 is 0 Å². The predicted molar refractivity (Wildman–Crippen MR) is 60.8 cm³/mol. The van der Waals surface area contributed by atoms with Crippen molar-refractivity contribution in [2.24, 2.45) is 0 Å². The fourth-order valence-corrected chi connectivity index (χ4v) is 1.93. The molecular formula is C12H18N2O. The molecule has 82 valence electrons. The lowest BCUT2D eigenvalue weighted by Gasteiger charge is -2.30. The van der Waals surface area contributed by atoms with Crippen molar-refractivity contribution in [2.45, 2.75) is 18.5 Å². The van der Waals surface area contributed by atoms with Crippen LogP contribution in [0.1, 0.15) is 5.56 Å². The lowest BCUT2D eigenvalue weighted by atomic mass is 10.0. The molecule has 0 radical (unpaired) electrons. The summed E-state index contributed by atoms with van der Waals surface area (Å²) in [5.74, 6) is 0. The van der Waals surface area contributed by atoms with E-state index in [0.717, 1.165) is 19.5 Å². The molecule has 2 unspecified atom stereocenters. The third kappa shape index (κ3) is 3.02. The van der Waals surface area contributed by atoms with Gasteiger partial charge in [-0.2, -0.15) is 0 Å². The topological polar surface area (TPSA) is 44.3 Å². The number of hydrogen-bond donors (Lipinski definition) is 3. The first kappa shape index (κ1) is 10.6. The van der Waals surface area contributed by atoms with E-state index in [1.165, 1.54) is 5.56 Å². The van der Waals surface area contributed by atoms with Crippen LogP contribution < -0.4 is 10.6 Å². The van der Waals surface area contributed by atoms with Crippen LogP contribution in [0.25, 0.3) is 0 Å². The molecule has 0 aromatic heterocycles. The highest BCUT2D eigenvalue weighted by atomic mass is 16.3. The Balaban J connectivity index is 1.82. The zero-order valence-corrected chi connectivity index (χ0v) is 8.82. The first-order chi connectivity index (χ1) is 7.38. The molecule has 1 saturated heterocycles. The number of aliphatic hydroxyl groups is 1. The summed E-state index contributed by atoms with van der Waals surface area (Å²) < 4.78 is 0. The molecule has 1 aliphatic heterocycles. The first-order valence-corrected chi connectivity index (χ1v) is 5.50. The van der Waals surface area contributed by atoms with E-state index in [1.807, 2.05) is 6.07 Å². The molecule has 1 heterocycles. The molecule has 2 rings (SSSR count). The molecule has 0 spiro atoms. The summed E-state index contributed by atoms with van der Waals surface area (Å²) in [6, 6.07) is 11.2. The van der Waals surface area contributed by atoms with E-state index in [1.54, 1.807) is 0 Å². The van der Waals surface area contributed by atoms with Crippen molar-refractivity contribution in [3.05, 3.63) is 35.9 Å². The number of hydrogen-bond acceptors (Lipinski definition) is 3. The van der Waals surface area contributed by atoms with Crippen molar-refractivity contribution in [1.82, 2.24) is 10.6 Å². The Hall–Kier alpha value is -0.900. The van der Waals surface area contributed by atoms with Gasteiger partial charge in [-0.15, -0.1) is 0 Å². The molecule has 0 aliphatic carbocycles. The highest BCUT2D eigenvalue weighted by molar-refractivity contribution is 5.16. The number of aliphatic hydroxyl groups excluding tert-OH is 1. The minimum Gasteiger partial charge on any atom is -0.395 e. The SMILES string of the molecule is OCC1CNC(Cc2ccccc2)CN1. The molecule has 1 aliphatic rings. The zero-order valence-electron chi connectivity index (χ0n) is 8.82. The number of rotatable bonds is 3. The van der Waals surface area contributed by atoms with Crippen LogP contribution in [0.15, 0.2) is 30.3 Å². The Kier molecular flexibility index (Phi) is 3.72. The van der Waals surface area contributed by atoms with E-state index >= 15 is 0 Å². The molecule has 2 atom stereocenters. The average molecular weight is 206 g/mol. The Bertz CT molecular complexity index is 281. The Morgan fingerprint density at radius 2 is 1.73 bits per heavy atom. The van der Waals surface area contributed by atoms with Crippen LogP contribution in [-0.2, 0) is 6.42 Å². The molecule has 3 N–H and O–H groups in total. The predicted octanol–water partition coefficient (Wildman–Crippen LogP) is 0.151. The van der Waals surface area contributed by atoms with Gasteiger partial charge in [0.2, 0.25) is 0 Å². The molecule has 0 saturated carbocycles. The van der Waals surface area contributed by atoms with Gasteiger partial charge in [0.1, 0.15) is 0 Å². The summed E-state index contributed by atoms with van der Waals surface area (Å²) in [7, 11) is 0. The number of piperazine rings is 1. The van der Waals surface area contributed by atoms with Crippen molar-refractivity contribution in [3.63, 3.8) is 0 Å². The number of benzene rings is 1. The van der Waals surface area contributed by atoms with E-state index < -0.39 is 0 Å². The van der Waals surface area contributed by atoms with Crippen molar-refractivity contribution in [2.75, 3.05) is 19.7 Å². The van der Waals surface area contributed by atoms with Crippen LogP contribution in [0.4, 0.5) is 0 Å².